The Hall–Kier alpha value is -2.94. The number of ketones is 2. The largest absolute Gasteiger partial charge is 0.379 e. The molecular weight excluding hydrogens is 528 g/mol. The third-order valence-electron chi connectivity index (χ3n) is 5.06. The van der Waals surface area contributed by atoms with E-state index in [1.165, 1.54) is 13.8 Å². The van der Waals surface area contributed by atoms with Gasteiger partial charge in [-0.25, -0.2) is 0 Å². The van der Waals surface area contributed by atoms with Crippen LogP contribution < -0.4 is 21.3 Å². The van der Waals surface area contributed by atoms with Crippen molar-refractivity contribution in [3.8, 4) is 0 Å². The third-order valence-corrected chi connectivity index (χ3v) is 5.06. The average molecular weight is 575 g/mol. The van der Waals surface area contributed by atoms with E-state index in [0.29, 0.717) is 32.6 Å². The van der Waals surface area contributed by atoms with Crippen molar-refractivity contribution in [1.82, 2.24) is 21.3 Å². The minimum absolute atomic E-state index is 0.0695. The summed E-state index contributed by atoms with van der Waals surface area (Å²) >= 11 is 0. The van der Waals surface area contributed by atoms with Crippen LogP contribution >= 0.6 is 0 Å². The van der Waals surface area contributed by atoms with Gasteiger partial charge in [0.15, 0.2) is 0 Å². The van der Waals surface area contributed by atoms with E-state index in [-0.39, 0.29) is 107 Å². The van der Waals surface area contributed by atoms with Crippen LogP contribution in [0.4, 0.5) is 0 Å². The molecule has 0 aliphatic heterocycles. The van der Waals surface area contributed by atoms with Crippen molar-refractivity contribution in [2.45, 2.75) is 46.5 Å². The van der Waals surface area contributed by atoms with E-state index in [1.807, 2.05) is 0 Å². The monoisotopic (exact) mass is 574 g/mol. The van der Waals surface area contributed by atoms with Crippen molar-refractivity contribution in [3.63, 3.8) is 0 Å². The molecule has 4 N–H and O–H groups in total. The maximum absolute atomic E-state index is 11.8. The van der Waals surface area contributed by atoms with Gasteiger partial charge in [0, 0.05) is 58.0 Å². The summed E-state index contributed by atoms with van der Waals surface area (Å²) in [6.45, 7) is 7.15. The van der Waals surface area contributed by atoms with E-state index in [1.54, 1.807) is 6.92 Å². The lowest BCUT2D eigenvalue weighted by molar-refractivity contribution is -0.128. The normalized spacial score (nSPS) is 11.4. The lowest BCUT2D eigenvalue weighted by Gasteiger charge is -2.11. The van der Waals surface area contributed by atoms with Gasteiger partial charge in [-0.2, -0.15) is 0 Å². The Balaban J connectivity index is 3.49. The molecule has 14 nitrogen and oxygen atoms in total. The number of nitrogens with one attached hydrogen (secondary N) is 4. The standard InChI is InChI=1S/C26H46N4O10/c1-20(17-22(3)32)26(36)30-7-6-23(33)27-8-9-28-24(34)18-40-16-14-38-12-10-29-25(35)19-39-15-13-37-11-4-5-21(2)31/h20H,4-19H2,1-3H3,(H,27,33)(H,28,34)(H,29,35)(H,30,36). The highest BCUT2D eigenvalue weighted by Crippen LogP contribution is 2.02. The minimum Gasteiger partial charge on any atom is -0.379 e. The molecule has 1 atom stereocenters. The molecule has 0 bridgehead atoms. The molecule has 14 heteroatoms. The number of ether oxygens (including phenoxy) is 4. The van der Waals surface area contributed by atoms with Crippen LogP contribution in [0.1, 0.15) is 46.5 Å². The van der Waals surface area contributed by atoms with Crippen LogP contribution in [0.2, 0.25) is 0 Å². The molecule has 0 fully saturated rings. The van der Waals surface area contributed by atoms with Gasteiger partial charge in [-0.1, -0.05) is 6.92 Å². The van der Waals surface area contributed by atoms with E-state index in [0.717, 1.165) is 0 Å². The zero-order valence-electron chi connectivity index (χ0n) is 24.0. The molecule has 0 aromatic heterocycles. The highest BCUT2D eigenvalue weighted by molar-refractivity contribution is 5.85. The Morgan fingerprint density at radius 2 is 1.07 bits per heavy atom. The van der Waals surface area contributed by atoms with Gasteiger partial charge in [-0.05, 0) is 20.3 Å². The Morgan fingerprint density at radius 1 is 0.550 bits per heavy atom. The minimum atomic E-state index is -0.434. The van der Waals surface area contributed by atoms with E-state index in [2.05, 4.69) is 21.3 Å². The van der Waals surface area contributed by atoms with Gasteiger partial charge in [-0.15, -0.1) is 0 Å². The number of hydrogen-bond donors (Lipinski definition) is 4. The van der Waals surface area contributed by atoms with Crippen molar-refractivity contribution in [2.24, 2.45) is 5.92 Å². The summed E-state index contributed by atoms with van der Waals surface area (Å²) < 4.78 is 21.0. The van der Waals surface area contributed by atoms with Gasteiger partial charge < -0.3 is 49.8 Å². The van der Waals surface area contributed by atoms with Crippen LogP contribution in [-0.4, -0.2) is 114 Å². The first kappa shape index (κ1) is 37.1. The third kappa shape index (κ3) is 25.3. The zero-order valence-corrected chi connectivity index (χ0v) is 24.0. The summed E-state index contributed by atoms with van der Waals surface area (Å²) in [5.41, 5.74) is 0. The molecule has 0 heterocycles. The fourth-order valence-corrected chi connectivity index (χ4v) is 3.05. The quantitative estimate of drug-likeness (QED) is 0.0923. The second-order valence-electron chi connectivity index (χ2n) is 9.03. The lowest BCUT2D eigenvalue weighted by Crippen LogP contribution is -2.38. The molecule has 0 aliphatic carbocycles. The highest BCUT2D eigenvalue weighted by atomic mass is 16.5. The van der Waals surface area contributed by atoms with Gasteiger partial charge in [0.25, 0.3) is 0 Å². The van der Waals surface area contributed by atoms with Crippen LogP contribution in [-0.2, 0) is 47.7 Å². The Morgan fingerprint density at radius 3 is 1.65 bits per heavy atom. The summed E-state index contributed by atoms with van der Waals surface area (Å²) in [5.74, 6) is -1.53. The van der Waals surface area contributed by atoms with Crippen molar-refractivity contribution in [1.29, 1.82) is 0 Å². The number of carbonyl (C=O) groups excluding carboxylic acids is 6. The number of carbonyl (C=O) groups is 6. The molecule has 230 valence electrons. The summed E-state index contributed by atoms with van der Waals surface area (Å²) in [6, 6.07) is 0. The fraction of sp³-hybridized carbons (Fsp3) is 0.769. The van der Waals surface area contributed by atoms with Gasteiger partial charge in [-0.3, -0.25) is 19.2 Å². The van der Waals surface area contributed by atoms with E-state index < -0.39 is 5.92 Å². The molecule has 0 aromatic rings. The maximum atomic E-state index is 11.8. The smallest absolute Gasteiger partial charge is 0.246 e. The molecule has 0 aliphatic rings. The first-order valence-electron chi connectivity index (χ1n) is 13.5. The topological polar surface area (TPSA) is 187 Å². The van der Waals surface area contributed by atoms with Crippen molar-refractivity contribution >= 4 is 35.2 Å². The van der Waals surface area contributed by atoms with Crippen LogP contribution in [0.25, 0.3) is 0 Å². The second-order valence-corrected chi connectivity index (χ2v) is 9.03. The first-order valence-corrected chi connectivity index (χ1v) is 13.5. The van der Waals surface area contributed by atoms with Crippen molar-refractivity contribution < 1.29 is 47.7 Å². The molecule has 1 unspecified atom stereocenters. The number of amides is 4. The van der Waals surface area contributed by atoms with Gasteiger partial charge >= 0.3 is 0 Å². The van der Waals surface area contributed by atoms with Crippen LogP contribution in [0.5, 0.6) is 0 Å². The highest BCUT2D eigenvalue weighted by Gasteiger charge is 2.14. The Kier molecular flexibility index (Phi) is 23.2. The van der Waals surface area contributed by atoms with Crippen molar-refractivity contribution in [2.75, 3.05) is 79.0 Å². The Labute approximate surface area is 235 Å². The zero-order chi connectivity index (χ0) is 30.0. The summed E-state index contributed by atoms with van der Waals surface area (Å²) in [7, 11) is 0. The summed E-state index contributed by atoms with van der Waals surface area (Å²) in [5, 5.41) is 10.5. The first-order chi connectivity index (χ1) is 19.1. The SMILES string of the molecule is CC(=O)CCCOCCOCC(=O)NCCOCCOCC(=O)NCCNC(=O)CCNC(=O)C(C)CC(C)=O. The van der Waals surface area contributed by atoms with Gasteiger partial charge in [0.2, 0.25) is 23.6 Å². The van der Waals surface area contributed by atoms with Gasteiger partial charge in [0.1, 0.15) is 24.8 Å². The van der Waals surface area contributed by atoms with E-state index in [4.69, 9.17) is 18.9 Å². The fourth-order valence-electron chi connectivity index (χ4n) is 3.05. The summed E-state index contributed by atoms with van der Waals surface area (Å²) in [4.78, 5) is 68.8. The van der Waals surface area contributed by atoms with Gasteiger partial charge in [0.05, 0.1) is 33.0 Å². The van der Waals surface area contributed by atoms with E-state index in [9.17, 15) is 28.8 Å². The summed E-state index contributed by atoms with van der Waals surface area (Å²) in [6.07, 6.45) is 1.42. The van der Waals surface area contributed by atoms with Crippen LogP contribution in [0.15, 0.2) is 0 Å². The molecule has 0 aromatic carbocycles. The second kappa shape index (κ2) is 25.1. The molecule has 40 heavy (non-hydrogen) atoms. The molecule has 0 rings (SSSR count). The lowest BCUT2D eigenvalue weighted by atomic mass is 10.0. The van der Waals surface area contributed by atoms with Crippen LogP contribution in [0.3, 0.4) is 0 Å². The van der Waals surface area contributed by atoms with Crippen LogP contribution in [0, 0.1) is 5.92 Å². The molecule has 0 spiro atoms. The number of rotatable bonds is 26. The molecular formula is C26H46N4O10. The molecule has 4 amide bonds. The molecule has 0 radical (unpaired) electrons. The van der Waals surface area contributed by atoms with E-state index >= 15 is 0 Å². The Bertz CT molecular complexity index is 779. The predicted molar refractivity (Wildman–Crippen MR) is 144 cm³/mol. The number of hydrogen-bond acceptors (Lipinski definition) is 10. The molecule has 0 saturated heterocycles. The average Bonchev–Trinajstić information content (AvgIpc) is 2.89. The molecule has 0 saturated carbocycles. The number of Topliss-reactive ketones (excluding diaryl/α,β-unsaturated/α-hetero) is 2. The predicted octanol–water partition coefficient (Wildman–Crippen LogP) is -1.11. The maximum Gasteiger partial charge on any atom is 0.246 e. The van der Waals surface area contributed by atoms with Crippen molar-refractivity contribution in [3.05, 3.63) is 0 Å².